The van der Waals surface area contributed by atoms with Gasteiger partial charge < -0.3 is 13.3 Å². The third kappa shape index (κ3) is 5.67. The Morgan fingerprint density at radius 3 is 1.12 bits per heavy atom. The molecule has 2 aliphatic carbocycles. The van der Waals surface area contributed by atoms with Crippen molar-refractivity contribution in [3.63, 3.8) is 0 Å². The first kappa shape index (κ1) is 41.3. The second-order valence-electron chi connectivity index (χ2n) is 20.1. The van der Waals surface area contributed by atoms with Crippen molar-refractivity contribution in [3.8, 4) is 78.7 Å². The Balaban J connectivity index is 0.822. The van der Waals surface area contributed by atoms with Crippen molar-refractivity contribution in [1.82, 2.24) is 15.0 Å². The van der Waals surface area contributed by atoms with E-state index in [4.69, 9.17) is 28.2 Å². The van der Waals surface area contributed by atoms with Gasteiger partial charge in [-0.25, -0.2) is 15.0 Å². The van der Waals surface area contributed by atoms with Crippen LogP contribution < -0.4 is 0 Å². The normalized spacial score (nSPS) is 13.1. The van der Waals surface area contributed by atoms with Crippen LogP contribution in [0.4, 0.5) is 0 Å². The van der Waals surface area contributed by atoms with Gasteiger partial charge in [0.15, 0.2) is 17.5 Å². The number of fused-ring (bicyclic) bond motifs is 19. The lowest BCUT2D eigenvalue weighted by Crippen LogP contribution is -2.25. The molecular weight excluding hydrogens is 931 g/mol. The first-order valence-electron chi connectivity index (χ1n) is 25.7. The molecule has 11 aromatic carbocycles. The zero-order valence-electron chi connectivity index (χ0n) is 40.6. The minimum atomic E-state index is -0.378. The fraction of sp³-hybridized carbons (Fsp3) is 0.0143. The Morgan fingerprint density at radius 2 is 0.592 bits per heavy atom. The monoisotopic (exact) mass is 969 g/mol. The zero-order chi connectivity index (χ0) is 49.6. The summed E-state index contributed by atoms with van der Waals surface area (Å²) in [6, 6.07) is 83.9. The molecule has 0 fully saturated rings. The van der Waals surface area contributed by atoms with Gasteiger partial charge in [0.2, 0.25) is 0 Å². The molecule has 0 radical (unpaired) electrons. The van der Waals surface area contributed by atoms with Gasteiger partial charge in [0, 0.05) is 49.0 Å². The van der Waals surface area contributed by atoms with E-state index in [9.17, 15) is 0 Å². The van der Waals surface area contributed by atoms with Crippen LogP contribution in [0.15, 0.2) is 250 Å². The van der Waals surface area contributed by atoms with Crippen molar-refractivity contribution in [2.45, 2.75) is 5.41 Å². The minimum Gasteiger partial charge on any atom is -0.456 e. The molecule has 6 heteroatoms. The highest BCUT2D eigenvalue weighted by atomic mass is 16.3. The second-order valence-corrected chi connectivity index (χ2v) is 20.1. The van der Waals surface area contributed by atoms with E-state index in [2.05, 4.69) is 164 Å². The molecular formula is C70H39N3O3. The van der Waals surface area contributed by atoms with Gasteiger partial charge in [0.05, 0.1) is 5.41 Å². The fourth-order valence-corrected chi connectivity index (χ4v) is 13.0. The summed E-state index contributed by atoms with van der Waals surface area (Å²) in [6.07, 6.45) is 0. The predicted octanol–water partition coefficient (Wildman–Crippen LogP) is 18.2. The van der Waals surface area contributed by atoms with Crippen LogP contribution in [0.5, 0.6) is 0 Å². The van der Waals surface area contributed by atoms with E-state index in [1.165, 1.54) is 50.1 Å². The molecule has 352 valence electrons. The predicted molar refractivity (Wildman–Crippen MR) is 305 cm³/mol. The quantitative estimate of drug-likeness (QED) is 0.171. The average molecular weight is 970 g/mol. The van der Waals surface area contributed by atoms with E-state index >= 15 is 0 Å². The number of nitrogens with zero attached hydrogens (tertiary/aromatic N) is 3. The summed E-state index contributed by atoms with van der Waals surface area (Å²) in [7, 11) is 0. The van der Waals surface area contributed by atoms with Crippen LogP contribution in [0.3, 0.4) is 0 Å². The molecule has 1 spiro atoms. The Kier molecular flexibility index (Phi) is 8.39. The summed E-state index contributed by atoms with van der Waals surface area (Å²) in [4.78, 5) is 16.1. The summed E-state index contributed by atoms with van der Waals surface area (Å²) in [5.41, 5.74) is 21.9. The first-order chi connectivity index (χ1) is 37.7. The largest absolute Gasteiger partial charge is 0.456 e. The molecule has 0 saturated heterocycles. The van der Waals surface area contributed by atoms with Crippen molar-refractivity contribution in [1.29, 1.82) is 0 Å². The van der Waals surface area contributed by atoms with Crippen LogP contribution in [-0.4, -0.2) is 15.0 Å². The minimum absolute atomic E-state index is 0.378. The molecule has 6 nitrogen and oxygen atoms in total. The standard InChI is InChI=1S/C70H39N3O3/c1-6-25-54-44(17-1)45-18-2-7-26-55(45)70(54)56-27-8-3-19-46(56)52-38-42(33-35-57(52)70)40-15-11-16-41(37-40)43-34-36-60-53(39-43)66-51(24-14-32-63(66)76-60)69-72-67(49-22-12-30-61-64(49)47-20-4-9-28-58(47)74-61)71-68(73-69)50-23-13-31-62-65(50)48-21-5-10-29-59(48)75-62/h1-39H. The summed E-state index contributed by atoms with van der Waals surface area (Å²) in [6.45, 7) is 0. The Bertz CT molecular complexity index is 4800. The first-order valence-corrected chi connectivity index (χ1v) is 25.7. The van der Waals surface area contributed by atoms with Gasteiger partial charge in [0.25, 0.3) is 0 Å². The highest BCUT2D eigenvalue weighted by Gasteiger charge is 2.51. The van der Waals surface area contributed by atoms with E-state index in [-0.39, 0.29) is 5.41 Å². The zero-order valence-corrected chi connectivity index (χ0v) is 40.6. The molecule has 0 bridgehead atoms. The molecule has 17 rings (SSSR count). The van der Waals surface area contributed by atoms with E-state index in [0.29, 0.717) is 17.5 Å². The van der Waals surface area contributed by atoms with Gasteiger partial charge in [0.1, 0.15) is 33.5 Å². The lowest BCUT2D eigenvalue weighted by atomic mass is 9.70. The Morgan fingerprint density at radius 1 is 0.237 bits per heavy atom. The molecule has 4 aromatic heterocycles. The number of benzene rings is 11. The summed E-state index contributed by atoms with van der Waals surface area (Å²) in [5.74, 6) is 1.60. The maximum absolute atomic E-state index is 6.68. The maximum Gasteiger partial charge on any atom is 0.164 e. The molecule has 0 amide bonds. The van der Waals surface area contributed by atoms with Crippen molar-refractivity contribution in [2.75, 3.05) is 0 Å². The van der Waals surface area contributed by atoms with Crippen LogP contribution >= 0.6 is 0 Å². The maximum atomic E-state index is 6.68. The molecule has 0 aliphatic heterocycles. The van der Waals surface area contributed by atoms with Gasteiger partial charge in [-0.2, -0.15) is 0 Å². The number of aromatic nitrogens is 3. The van der Waals surface area contributed by atoms with E-state index in [1.807, 2.05) is 72.8 Å². The molecule has 2 aliphatic rings. The Labute approximate surface area is 434 Å². The van der Waals surface area contributed by atoms with E-state index in [0.717, 1.165) is 99.2 Å². The molecule has 4 heterocycles. The van der Waals surface area contributed by atoms with Crippen molar-refractivity contribution in [2.24, 2.45) is 0 Å². The van der Waals surface area contributed by atoms with Gasteiger partial charge in [-0.1, -0.05) is 182 Å². The Hall–Kier alpha value is -10.2. The van der Waals surface area contributed by atoms with Crippen LogP contribution in [0.2, 0.25) is 0 Å². The van der Waals surface area contributed by atoms with Crippen molar-refractivity contribution >= 4 is 65.8 Å². The van der Waals surface area contributed by atoms with Gasteiger partial charge in [-0.3, -0.25) is 0 Å². The molecule has 15 aromatic rings. The molecule has 76 heavy (non-hydrogen) atoms. The number of hydrogen-bond acceptors (Lipinski definition) is 6. The third-order valence-corrected chi connectivity index (χ3v) is 16.2. The average Bonchev–Trinajstić information content (AvgIpc) is 4.33. The van der Waals surface area contributed by atoms with Crippen LogP contribution in [0.1, 0.15) is 22.3 Å². The number of furan rings is 3. The topological polar surface area (TPSA) is 78.1 Å². The lowest BCUT2D eigenvalue weighted by Gasteiger charge is -2.30. The number of rotatable bonds is 5. The number of hydrogen-bond donors (Lipinski definition) is 0. The summed E-state index contributed by atoms with van der Waals surface area (Å²) >= 11 is 0. The molecule has 0 atom stereocenters. The smallest absolute Gasteiger partial charge is 0.164 e. The second kappa shape index (κ2) is 15.4. The van der Waals surface area contributed by atoms with Gasteiger partial charge >= 0.3 is 0 Å². The summed E-state index contributed by atoms with van der Waals surface area (Å²) < 4.78 is 19.5. The van der Waals surface area contributed by atoms with Crippen molar-refractivity contribution < 1.29 is 13.3 Å². The van der Waals surface area contributed by atoms with E-state index < -0.39 is 0 Å². The lowest BCUT2D eigenvalue weighted by molar-refractivity contribution is 0.668. The highest BCUT2D eigenvalue weighted by molar-refractivity contribution is 6.15. The SMILES string of the molecule is c1cc(-c2ccc3c(c2)-c2ccccc2C32c3ccccc3-c3ccccc32)cc(-c2ccc3oc4cccc(-c5nc(-c6cccc7oc8ccccc8c67)nc(-c6cccc7oc8ccccc8c67)n5)c4c3c2)c1. The fourth-order valence-electron chi connectivity index (χ4n) is 13.0. The van der Waals surface area contributed by atoms with Gasteiger partial charge in [-0.05, 0) is 121 Å². The molecule has 0 unspecified atom stereocenters. The molecule has 0 saturated carbocycles. The van der Waals surface area contributed by atoms with Gasteiger partial charge in [-0.15, -0.1) is 0 Å². The van der Waals surface area contributed by atoms with Crippen LogP contribution in [0, 0.1) is 0 Å². The third-order valence-electron chi connectivity index (χ3n) is 16.2. The van der Waals surface area contributed by atoms with Crippen molar-refractivity contribution in [3.05, 3.63) is 259 Å². The van der Waals surface area contributed by atoms with Crippen LogP contribution in [-0.2, 0) is 5.41 Å². The van der Waals surface area contributed by atoms with Crippen LogP contribution in [0.25, 0.3) is 144 Å². The van der Waals surface area contributed by atoms with E-state index in [1.54, 1.807) is 0 Å². The summed E-state index contributed by atoms with van der Waals surface area (Å²) in [5, 5.41) is 5.79. The molecule has 0 N–H and O–H groups in total. The highest BCUT2D eigenvalue weighted by Crippen LogP contribution is 2.63. The number of para-hydroxylation sites is 2.